The van der Waals surface area contributed by atoms with Gasteiger partial charge in [-0.2, -0.15) is 0 Å². The molecule has 192 valence electrons. The van der Waals surface area contributed by atoms with Gasteiger partial charge < -0.3 is 14.2 Å². The summed E-state index contributed by atoms with van der Waals surface area (Å²) in [4.78, 5) is 0. The third-order valence-corrected chi connectivity index (χ3v) is 10.3. The van der Waals surface area contributed by atoms with Gasteiger partial charge in [0.05, 0.1) is 6.10 Å². The molecule has 0 radical (unpaired) electrons. The molecule has 4 aliphatic rings. The fourth-order valence-electron chi connectivity index (χ4n) is 8.67. The number of aliphatic hydroxyl groups excluding tert-OH is 1. The second-order valence-corrected chi connectivity index (χ2v) is 13.4. The number of fused-ring (bicyclic) bond motifs is 5. The summed E-state index contributed by atoms with van der Waals surface area (Å²) in [7, 11) is -5.17. The number of allylic oxidation sites excluding steroid dienone is 1. The molecule has 3 fully saturated rings. The van der Waals surface area contributed by atoms with Gasteiger partial charge in [-0.1, -0.05) is 65.5 Å². The van der Waals surface area contributed by atoms with E-state index in [2.05, 4.69) is 40.7 Å². The summed E-state index contributed by atoms with van der Waals surface area (Å²) in [6.45, 7) is 12.6. The van der Waals surface area contributed by atoms with Crippen LogP contribution in [0.15, 0.2) is 11.6 Å². The summed E-state index contributed by atoms with van der Waals surface area (Å²) in [6, 6.07) is 0. The van der Waals surface area contributed by atoms with E-state index in [1.807, 2.05) is 0 Å². The summed E-state index contributed by atoms with van der Waals surface area (Å²) in [5, 5.41) is 10.2. The molecule has 0 heterocycles. The quantitative estimate of drug-likeness (QED) is 0.235. The Kier molecular flexibility index (Phi) is 13.6. The largest absolute Gasteiger partial charge is 1.00 e. The van der Waals surface area contributed by atoms with Gasteiger partial charge in [-0.15, -0.1) is 0 Å². The van der Waals surface area contributed by atoms with Gasteiger partial charge in [-0.3, -0.25) is 8.42 Å². The molecule has 0 aromatic heterocycles. The smallest absolute Gasteiger partial charge is 0.759 e. The first-order valence-electron chi connectivity index (χ1n) is 13.3. The van der Waals surface area contributed by atoms with Crippen LogP contribution in [0.5, 0.6) is 0 Å². The van der Waals surface area contributed by atoms with Crippen molar-refractivity contribution in [2.75, 3.05) is 0 Å². The number of rotatable bonds is 5. The minimum absolute atomic E-state index is 0. The van der Waals surface area contributed by atoms with E-state index < -0.39 is 10.4 Å². The normalized spacial score (nSPS) is 38.9. The number of hydrogen-bond donors (Lipinski definition) is 1. The van der Waals surface area contributed by atoms with Crippen molar-refractivity contribution in [3.63, 3.8) is 0 Å². The van der Waals surface area contributed by atoms with Gasteiger partial charge in [0.2, 0.25) is 0 Å². The molecule has 1 N–H and O–H groups in total. The van der Waals surface area contributed by atoms with Crippen molar-refractivity contribution < 1.29 is 81.7 Å². The van der Waals surface area contributed by atoms with Crippen LogP contribution in [0.2, 0.25) is 0 Å². The topological polar surface area (TPSA) is 100 Å². The van der Waals surface area contributed by atoms with Gasteiger partial charge in [0, 0.05) is 10.4 Å². The molecule has 0 spiro atoms. The van der Waals surface area contributed by atoms with Crippen molar-refractivity contribution in [2.24, 2.45) is 46.3 Å². The standard InChI is InChI=1S/C27H46O.2Na.H2O4S/c1-18(2)7-6-8-19(3)23-11-12-24-22-10-9-20-17-21(28)13-15-26(20,4)25(22)14-16-27(23,24)5;;;1-5(2,3)4/h9,18-19,21-25,28H,6-8,10-17H2,1-5H3;;;(H2,1,2,3,4)/q;2*+1;/p-2/t19-,21+,22+,23-,24+,25+,26+,27-;;;/m1.../s1. The maximum absolute atomic E-state index is 10.2. The van der Waals surface area contributed by atoms with Gasteiger partial charge in [-0.25, -0.2) is 0 Å². The van der Waals surface area contributed by atoms with Crippen molar-refractivity contribution in [1.82, 2.24) is 0 Å². The number of aliphatic hydroxyl groups is 1. The Hall–Kier alpha value is 1.57. The summed E-state index contributed by atoms with van der Waals surface area (Å²) in [5.41, 5.74) is 2.60. The fourth-order valence-corrected chi connectivity index (χ4v) is 8.67. The van der Waals surface area contributed by atoms with Gasteiger partial charge in [0.1, 0.15) is 0 Å². The zero-order valence-electron chi connectivity index (χ0n) is 23.4. The van der Waals surface area contributed by atoms with Crippen LogP contribution in [0.4, 0.5) is 0 Å². The molecule has 8 atom stereocenters. The van der Waals surface area contributed by atoms with Crippen molar-refractivity contribution in [3.8, 4) is 0 Å². The first kappa shape index (κ1) is 34.6. The van der Waals surface area contributed by atoms with Crippen LogP contribution in [0.25, 0.3) is 0 Å². The molecule has 4 rings (SSSR count). The molecule has 0 unspecified atom stereocenters. The molecule has 5 nitrogen and oxygen atoms in total. The third kappa shape index (κ3) is 8.28. The molecule has 0 bridgehead atoms. The molecular formula is C27H46Na2O5S. The summed E-state index contributed by atoms with van der Waals surface area (Å²) < 4.78 is 34.1. The number of hydrogen-bond acceptors (Lipinski definition) is 5. The van der Waals surface area contributed by atoms with E-state index in [4.69, 9.17) is 17.5 Å². The summed E-state index contributed by atoms with van der Waals surface area (Å²) in [5.74, 6) is 5.46. The Morgan fingerprint density at radius 3 is 2.23 bits per heavy atom. The Labute approximate surface area is 259 Å². The SMILES string of the molecule is CC(C)CCC[C@@H](C)[C@H]1CC[C@H]2[C@@H]3CC=C4C[C@@H](O)CC[C@]4(C)[C@H]3CC[C@]12C.O=S(=O)([O-])[O-].[Na+].[Na+]. The maximum atomic E-state index is 10.2. The Morgan fingerprint density at radius 1 is 1.00 bits per heavy atom. The van der Waals surface area contributed by atoms with E-state index in [1.165, 1.54) is 57.8 Å². The summed E-state index contributed by atoms with van der Waals surface area (Å²) >= 11 is 0. The van der Waals surface area contributed by atoms with Crippen molar-refractivity contribution in [3.05, 3.63) is 11.6 Å². The first-order chi connectivity index (χ1) is 15.3. The second kappa shape index (κ2) is 13.8. The molecule has 8 heteroatoms. The zero-order valence-corrected chi connectivity index (χ0v) is 28.2. The zero-order chi connectivity index (χ0) is 24.6. The van der Waals surface area contributed by atoms with E-state index in [1.54, 1.807) is 5.57 Å². The van der Waals surface area contributed by atoms with Crippen molar-refractivity contribution in [2.45, 2.75) is 111 Å². The summed E-state index contributed by atoms with van der Waals surface area (Å²) in [6.07, 6.45) is 17.2. The molecule has 35 heavy (non-hydrogen) atoms. The first-order valence-corrected chi connectivity index (χ1v) is 14.6. The van der Waals surface area contributed by atoms with E-state index in [0.29, 0.717) is 10.8 Å². The van der Waals surface area contributed by atoms with Crippen LogP contribution in [0, 0.1) is 46.3 Å². The molecule has 0 aliphatic heterocycles. The van der Waals surface area contributed by atoms with E-state index in [0.717, 1.165) is 48.3 Å². The molecule has 0 aromatic rings. The average Bonchev–Trinajstić information content (AvgIpc) is 3.04. The van der Waals surface area contributed by atoms with Crippen LogP contribution in [-0.2, 0) is 10.4 Å². The predicted octanol–water partition coefficient (Wildman–Crippen LogP) is 0.0587. The Morgan fingerprint density at radius 2 is 1.63 bits per heavy atom. The van der Waals surface area contributed by atoms with E-state index >= 15 is 0 Å². The van der Waals surface area contributed by atoms with Crippen LogP contribution in [0.3, 0.4) is 0 Å². The third-order valence-electron chi connectivity index (χ3n) is 10.3. The monoisotopic (exact) mass is 528 g/mol. The van der Waals surface area contributed by atoms with Gasteiger partial charge in [0.15, 0.2) is 0 Å². The fraction of sp³-hybridized carbons (Fsp3) is 0.926. The van der Waals surface area contributed by atoms with Crippen LogP contribution >= 0.6 is 0 Å². The van der Waals surface area contributed by atoms with Crippen LogP contribution in [-0.4, -0.2) is 28.7 Å². The van der Waals surface area contributed by atoms with Crippen LogP contribution in [0.1, 0.15) is 105 Å². The van der Waals surface area contributed by atoms with Crippen molar-refractivity contribution in [1.29, 1.82) is 0 Å². The van der Waals surface area contributed by atoms with Gasteiger partial charge in [-0.05, 0) is 97.7 Å². The average molecular weight is 529 g/mol. The second-order valence-electron chi connectivity index (χ2n) is 12.6. The van der Waals surface area contributed by atoms with Gasteiger partial charge in [0.25, 0.3) is 0 Å². The molecule has 3 saturated carbocycles. The van der Waals surface area contributed by atoms with E-state index in [-0.39, 0.29) is 65.2 Å². The molecule has 0 aromatic carbocycles. The van der Waals surface area contributed by atoms with Crippen molar-refractivity contribution >= 4 is 10.4 Å². The molecule has 0 amide bonds. The molecule has 4 aliphatic carbocycles. The predicted molar refractivity (Wildman–Crippen MR) is 130 cm³/mol. The van der Waals surface area contributed by atoms with E-state index in [9.17, 15) is 5.11 Å². The van der Waals surface area contributed by atoms with Crippen LogP contribution < -0.4 is 59.1 Å². The Bertz CT molecular complexity index is 808. The molecular weight excluding hydrogens is 482 g/mol. The Balaban J connectivity index is 0.000000798. The minimum Gasteiger partial charge on any atom is -0.759 e. The minimum atomic E-state index is -5.17. The van der Waals surface area contributed by atoms with Gasteiger partial charge >= 0.3 is 59.1 Å². The maximum Gasteiger partial charge on any atom is 1.00 e. The molecule has 0 saturated heterocycles.